The van der Waals surface area contributed by atoms with E-state index in [1.54, 1.807) is 31.2 Å². The minimum atomic E-state index is -0.636. The second kappa shape index (κ2) is 8.11. The molecule has 0 saturated heterocycles. The molecular formula is C13H13BrN2O4. The van der Waals surface area contributed by atoms with E-state index in [2.05, 4.69) is 31.5 Å². The van der Waals surface area contributed by atoms with E-state index in [1.807, 2.05) is 0 Å². The van der Waals surface area contributed by atoms with Crippen LogP contribution in [0.25, 0.3) is 0 Å². The molecule has 6 nitrogen and oxygen atoms in total. The van der Waals surface area contributed by atoms with Crippen LogP contribution in [0.15, 0.2) is 40.9 Å². The Labute approximate surface area is 124 Å². The summed E-state index contributed by atoms with van der Waals surface area (Å²) in [6.07, 6.45) is 2.68. The number of rotatable bonds is 4. The fourth-order valence-corrected chi connectivity index (χ4v) is 1.66. The summed E-state index contributed by atoms with van der Waals surface area (Å²) in [5, 5.41) is 0. The summed E-state index contributed by atoms with van der Waals surface area (Å²) in [6, 6.07) is 6.76. The molecule has 20 heavy (non-hydrogen) atoms. The average molecular weight is 341 g/mol. The summed E-state index contributed by atoms with van der Waals surface area (Å²) < 4.78 is 5.21. The third-order valence-corrected chi connectivity index (χ3v) is 2.77. The number of benzene rings is 1. The van der Waals surface area contributed by atoms with Crippen molar-refractivity contribution in [2.24, 2.45) is 0 Å². The van der Waals surface area contributed by atoms with Crippen molar-refractivity contribution in [1.29, 1.82) is 0 Å². The van der Waals surface area contributed by atoms with Gasteiger partial charge >= 0.3 is 5.97 Å². The molecular weight excluding hydrogens is 328 g/mol. The van der Waals surface area contributed by atoms with Gasteiger partial charge in [-0.3, -0.25) is 20.4 Å². The number of ether oxygens (including phenoxy) is 1. The van der Waals surface area contributed by atoms with Crippen LogP contribution in [0.1, 0.15) is 17.3 Å². The van der Waals surface area contributed by atoms with E-state index in [0.29, 0.717) is 10.0 Å². The summed E-state index contributed by atoms with van der Waals surface area (Å²) in [6.45, 7) is 1.18. The van der Waals surface area contributed by atoms with E-state index in [0.717, 1.165) is 0 Å². The van der Waals surface area contributed by atoms with Gasteiger partial charge in [-0.2, -0.15) is 0 Å². The van der Waals surface area contributed by atoms with Crippen molar-refractivity contribution in [3.63, 3.8) is 0 Å². The molecule has 0 saturated carbocycles. The molecule has 0 aliphatic rings. The predicted octanol–water partition coefficient (Wildman–Crippen LogP) is 1.33. The fourth-order valence-electron chi connectivity index (χ4n) is 1.20. The van der Waals surface area contributed by atoms with E-state index in [4.69, 9.17) is 0 Å². The van der Waals surface area contributed by atoms with Crippen LogP contribution in [-0.2, 0) is 14.3 Å². The topological polar surface area (TPSA) is 84.5 Å². The quantitative estimate of drug-likeness (QED) is 0.492. The molecule has 0 bridgehead atoms. The van der Waals surface area contributed by atoms with E-state index < -0.39 is 24.4 Å². The number of esters is 1. The lowest BCUT2D eigenvalue weighted by Crippen LogP contribution is -2.43. The van der Waals surface area contributed by atoms with Gasteiger partial charge in [0.05, 0.1) is 5.56 Å². The monoisotopic (exact) mass is 340 g/mol. The lowest BCUT2D eigenvalue weighted by molar-refractivity contribution is -0.144. The fraction of sp³-hybridized carbons (Fsp3) is 0.154. The molecule has 0 radical (unpaired) electrons. The van der Waals surface area contributed by atoms with Gasteiger partial charge in [0.1, 0.15) is 0 Å². The molecule has 106 valence electrons. The first-order chi connectivity index (χ1) is 9.54. The molecule has 2 amide bonds. The molecule has 0 spiro atoms. The highest BCUT2D eigenvalue weighted by Gasteiger charge is 2.10. The van der Waals surface area contributed by atoms with Crippen LogP contribution in [0.5, 0.6) is 0 Å². The molecule has 0 atom stereocenters. The molecule has 7 heteroatoms. The van der Waals surface area contributed by atoms with Gasteiger partial charge in [0.25, 0.3) is 11.8 Å². The molecule has 0 heterocycles. The van der Waals surface area contributed by atoms with Crippen LogP contribution in [0.2, 0.25) is 0 Å². The molecule has 0 aliphatic heterocycles. The third kappa shape index (κ3) is 5.23. The molecule has 0 aromatic heterocycles. The van der Waals surface area contributed by atoms with Crippen molar-refractivity contribution >= 4 is 33.7 Å². The third-order valence-electron chi connectivity index (χ3n) is 2.08. The van der Waals surface area contributed by atoms with Gasteiger partial charge in [0.15, 0.2) is 6.61 Å². The Bertz CT molecular complexity index is 543. The van der Waals surface area contributed by atoms with Crippen LogP contribution in [-0.4, -0.2) is 24.4 Å². The second-order valence-corrected chi connectivity index (χ2v) is 4.44. The van der Waals surface area contributed by atoms with Crippen molar-refractivity contribution in [2.75, 3.05) is 6.61 Å². The summed E-state index contributed by atoms with van der Waals surface area (Å²) in [4.78, 5) is 34.0. The Kier molecular flexibility index (Phi) is 6.45. The second-order valence-electron chi connectivity index (χ2n) is 3.59. The van der Waals surface area contributed by atoms with Crippen LogP contribution in [0.3, 0.4) is 0 Å². The van der Waals surface area contributed by atoms with Gasteiger partial charge in [-0.15, -0.1) is 0 Å². The Morgan fingerprint density at radius 3 is 2.60 bits per heavy atom. The van der Waals surface area contributed by atoms with Crippen molar-refractivity contribution in [3.05, 3.63) is 46.5 Å². The van der Waals surface area contributed by atoms with Crippen LogP contribution >= 0.6 is 15.9 Å². The van der Waals surface area contributed by atoms with Crippen LogP contribution < -0.4 is 10.9 Å². The van der Waals surface area contributed by atoms with Crippen LogP contribution in [0.4, 0.5) is 0 Å². The zero-order valence-corrected chi connectivity index (χ0v) is 12.3. The Morgan fingerprint density at radius 1 is 1.25 bits per heavy atom. The first kappa shape index (κ1) is 15.9. The SMILES string of the molecule is C/C=C/C(=O)OCC(=O)NNC(=O)c1ccccc1Br. The molecule has 2 N–H and O–H groups in total. The van der Waals surface area contributed by atoms with E-state index in [1.165, 1.54) is 12.2 Å². The molecule has 1 aromatic carbocycles. The van der Waals surface area contributed by atoms with Crippen molar-refractivity contribution in [3.8, 4) is 0 Å². The minimum absolute atomic E-state index is 0.374. The zero-order valence-electron chi connectivity index (χ0n) is 10.7. The van der Waals surface area contributed by atoms with Gasteiger partial charge in [-0.25, -0.2) is 4.79 Å². The Morgan fingerprint density at radius 2 is 1.95 bits per heavy atom. The maximum atomic E-state index is 11.7. The van der Waals surface area contributed by atoms with E-state index in [-0.39, 0.29) is 0 Å². The Balaban J connectivity index is 2.40. The normalized spacial score (nSPS) is 10.1. The van der Waals surface area contributed by atoms with Gasteiger partial charge in [0, 0.05) is 10.5 Å². The number of allylic oxidation sites excluding steroid dienone is 1. The Hall–Kier alpha value is -2.15. The average Bonchev–Trinajstić information content (AvgIpc) is 2.43. The summed E-state index contributed by atoms with van der Waals surface area (Å²) in [7, 11) is 0. The number of halogens is 1. The number of hydrazine groups is 1. The highest BCUT2D eigenvalue weighted by molar-refractivity contribution is 9.10. The largest absolute Gasteiger partial charge is 0.452 e. The van der Waals surface area contributed by atoms with Crippen LogP contribution in [0, 0.1) is 0 Å². The van der Waals surface area contributed by atoms with Gasteiger partial charge < -0.3 is 4.74 Å². The first-order valence-electron chi connectivity index (χ1n) is 5.67. The van der Waals surface area contributed by atoms with E-state index >= 15 is 0 Å². The first-order valence-corrected chi connectivity index (χ1v) is 6.47. The summed E-state index contributed by atoms with van der Waals surface area (Å²) in [5.41, 5.74) is 4.74. The van der Waals surface area contributed by atoms with Gasteiger partial charge in [-0.1, -0.05) is 18.2 Å². The highest BCUT2D eigenvalue weighted by atomic mass is 79.9. The smallest absolute Gasteiger partial charge is 0.330 e. The zero-order chi connectivity index (χ0) is 15.0. The molecule has 0 aliphatic carbocycles. The number of carbonyl (C=O) groups is 3. The lowest BCUT2D eigenvalue weighted by Gasteiger charge is -2.08. The molecule has 1 rings (SSSR count). The predicted molar refractivity (Wildman–Crippen MR) is 75.5 cm³/mol. The standard InChI is InChI=1S/C13H13BrN2O4/c1-2-5-12(18)20-8-11(17)15-16-13(19)9-6-3-4-7-10(9)14/h2-7H,8H2,1H3,(H,15,17)(H,16,19)/b5-2+. The molecule has 1 aromatic rings. The minimum Gasteiger partial charge on any atom is -0.452 e. The number of nitrogens with one attached hydrogen (secondary N) is 2. The number of amides is 2. The number of hydrogen-bond donors (Lipinski definition) is 2. The highest BCUT2D eigenvalue weighted by Crippen LogP contribution is 2.14. The van der Waals surface area contributed by atoms with Crippen molar-refractivity contribution < 1.29 is 19.1 Å². The maximum absolute atomic E-state index is 11.7. The number of carbonyl (C=O) groups excluding carboxylic acids is 3. The molecule has 0 fully saturated rings. The van der Waals surface area contributed by atoms with Gasteiger partial charge in [-0.05, 0) is 35.0 Å². The summed E-state index contributed by atoms with van der Waals surface area (Å²) >= 11 is 3.22. The van der Waals surface area contributed by atoms with E-state index in [9.17, 15) is 14.4 Å². The van der Waals surface area contributed by atoms with Crippen molar-refractivity contribution in [2.45, 2.75) is 6.92 Å². The van der Waals surface area contributed by atoms with Gasteiger partial charge in [0.2, 0.25) is 0 Å². The number of hydrogen-bond acceptors (Lipinski definition) is 4. The molecule has 0 unspecified atom stereocenters. The lowest BCUT2D eigenvalue weighted by atomic mass is 10.2. The maximum Gasteiger partial charge on any atom is 0.330 e. The summed E-state index contributed by atoms with van der Waals surface area (Å²) in [5.74, 6) is -1.74. The van der Waals surface area contributed by atoms with Crippen molar-refractivity contribution in [1.82, 2.24) is 10.9 Å².